The Balaban J connectivity index is 1.63. The van der Waals surface area contributed by atoms with Crippen LogP contribution in [0.15, 0.2) is 51.7 Å². The molecule has 31 heavy (non-hydrogen) atoms. The van der Waals surface area contributed by atoms with Gasteiger partial charge in [-0.2, -0.15) is 0 Å². The molecule has 2 aromatic carbocycles. The van der Waals surface area contributed by atoms with Gasteiger partial charge in [0, 0.05) is 11.6 Å². The van der Waals surface area contributed by atoms with Crippen molar-refractivity contribution in [1.29, 1.82) is 0 Å². The van der Waals surface area contributed by atoms with E-state index in [0.717, 1.165) is 0 Å². The molecule has 1 aliphatic heterocycles. The van der Waals surface area contributed by atoms with Gasteiger partial charge in [-0.3, -0.25) is 4.79 Å². The van der Waals surface area contributed by atoms with Gasteiger partial charge in [0.2, 0.25) is 6.29 Å². The van der Waals surface area contributed by atoms with E-state index in [-0.39, 0.29) is 34.0 Å². The molecule has 1 saturated heterocycles. The average molecular weight is 432 g/mol. The molecule has 3 aromatic rings. The molecule has 0 saturated carbocycles. The Morgan fingerprint density at radius 1 is 0.903 bits per heavy atom. The zero-order valence-corrected chi connectivity index (χ0v) is 16.0. The van der Waals surface area contributed by atoms with Crippen LogP contribution in [-0.2, 0) is 4.74 Å². The molecule has 164 valence electrons. The molecular weight excluding hydrogens is 412 g/mol. The lowest BCUT2D eigenvalue weighted by molar-refractivity contribution is -0.277. The fraction of sp³-hybridized carbons (Fsp3) is 0.286. The maximum Gasteiger partial charge on any atom is 0.229 e. The lowest BCUT2D eigenvalue weighted by Crippen LogP contribution is -2.60. The molecule has 5 atom stereocenters. The Kier molecular flexibility index (Phi) is 5.56. The lowest BCUT2D eigenvalue weighted by atomic mass is 9.99. The summed E-state index contributed by atoms with van der Waals surface area (Å²) in [6.07, 6.45) is -7.21. The topological polar surface area (TPSA) is 170 Å². The van der Waals surface area contributed by atoms with Crippen molar-refractivity contribution in [3.63, 3.8) is 0 Å². The molecule has 10 nitrogen and oxygen atoms in total. The number of aromatic hydroxyl groups is 2. The first-order valence-electron chi connectivity index (χ1n) is 9.36. The van der Waals surface area contributed by atoms with E-state index in [9.17, 15) is 35.4 Å². The van der Waals surface area contributed by atoms with Gasteiger partial charge in [0.25, 0.3) is 0 Å². The zero-order chi connectivity index (χ0) is 22.3. The predicted molar refractivity (Wildman–Crippen MR) is 106 cm³/mol. The Labute approximate surface area is 174 Å². The fourth-order valence-corrected chi connectivity index (χ4v) is 3.33. The minimum atomic E-state index is -1.59. The number of rotatable bonds is 4. The highest BCUT2D eigenvalue weighted by molar-refractivity contribution is 5.80. The van der Waals surface area contributed by atoms with Gasteiger partial charge in [-0.15, -0.1) is 0 Å². The number of ether oxygens (including phenoxy) is 2. The summed E-state index contributed by atoms with van der Waals surface area (Å²) >= 11 is 0. The van der Waals surface area contributed by atoms with Gasteiger partial charge in [-0.25, -0.2) is 0 Å². The smallest absolute Gasteiger partial charge is 0.229 e. The molecule has 1 fully saturated rings. The molecule has 2 heterocycles. The van der Waals surface area contributed by atoms with E-state index in [1.165, 1.54) is 42.5 Å². The number of aliphatic hydroxyl groups is 4. The number of phenolic OH excluding ortho intramolecular Hbond substituents is 2. The molecule has 5 unspecified atom stereocenters. The summed E-state index contributed by atoms with van der Waals surface area (Å²) in [5.74, 6) is -0.361. The van der Waals surface area contributed by atoms with Crippen molar-refractivity contribution in [2.75, 3.05) is 6.61 Å². The normalized spacial score (nSPS) is 26.1. The fourth-order valence-electron chi connectivity index (χ4n) is 3.33. The van der Waals surface area contributed by atoms with Gasteiger partial charge in [0.05, 0.1) is 12.0 Å². The molecule has 0 spiro atoms. The monoisotopic (exact) mass is 432 g/mol. The van der Waals surface area contributed by atoms with Crippen LogP contribution in [0.25, 0.3) is 22.3 Å². The van der Waals surface area contributed by atoms with Crippen LogP contribution in [0.3, 0.4) is 0 Å². The van der Waals surface area contributed by atoms with E-state index in [1.807, 2.05) is 0 Å². The maximum atomic E-state index is 12.6. The first kappa shape index (κ1) is 21.1. The highest BCUT2D eigenvalue weighted by Crippen LogP contribution is 2.32. The number of fused-ring (bicyclic) bond motifs is 1. The van der Waals surface area contributed by atoms with E-state index in [0.29, 0.717) is 5.56 Å². The second kappa shape index (κ2) is 8.17. The van der Waals surface area contributed by atoms with Crippen LogP contribution in [0.4, 0.5) is 0 Å². The first-order chi connectivity index (χ1) is 14.8. The van der Waals surface area contributed by atoms with Crippen LogP contribution in [0.2, 0.25) is 0 Å². The molecule has 0 bridgehead atoms. The van der Waals surface area contributed by atoms with Gasteiger partial charge in [0.15, 0.2) is 16.9 Å². The van der Waals surface area contributed by atoms with Gasteiger partial charge in [-0.1, -0.05) is 0 Å². The number of aliphatic hydroxyl groups excluding tert-OH is 4. The van der Waals surface area contributed by atoms with Crippen molar-refractivity contribution in [1.82, 2.24) is 0 Å². The van der Waals surface area contributed by atoms with Gasteiger partial charge in [0.1, 0.15) is 41.5 Å². The Morgan fingerprint density at radius 3 is 2.39 bits per heavy atom. The second-order valence-electron chi connectivity index (χ2n) is 7.15. The van der Waals surface area contributed by atoms with Gasteiger partial charge in [-0.05, 0) is 36.4 Å². The SMILES string of the molecule is O=c1cc(-c2ccc(O)c(O)c2)oc2ccc(OC3OC(CO)C(O)C(O)C3O)cc12. The largest absolute Gasteiger partial charge is 0.504 e. The molecule has 10 heteroatoms. The lowest BCUT2D eigenvalue weighted by Gasteiger charge is -2.39. The third kappa shape index (κ3) is 3.94. The van der Waals surface area contributed by atoms with Crippen LogP contribution in [0, 0.1) is 0 Å². The molecular formula is C21H20O10. The maximum absolute atomic E-state index is 12.6. The number of benzene rings is 2. The average Bonchev–Trinajstić information content (AvgIpc) is 2.76. The Hall–Kier alpha value is -3.15. The van der Waals surface area contributed by atoms with Crippen LogP contribution in [0.1, 0.15) is 0 Å². The Morgan fingerprint density at radius 2 is 1.68 bits per heavy atom. The van der Waals surface area contributed by atoms with E-state index >= 15 is 0 Å². The van der Waals surface area contributed by atoms with E-state index in [2.05, 4.69) is 0 Å². The highest BCUT2D eigenvalue weighted by Gasteiger charge is 2.44. The summed E-state index contributed by atoms with van der Waals surface area (Å²) < 4.78 is 16.5. The molecule has 1 aliphatic rings. The summed E-state index contributed by atoms with van der Waals surface area (Å²) in [4.78, 5) is 12.6. The first-order valence-corrected chi connectivity index (χ1v) is 9.36. The molecule has 4 rings (SSSR count). The van der Waals surface area contributed by atoms with E-state index in [1.54, 1.807) is 0 Å². The van der Waals surface area contributed by atoms with Crippen molar-refractivity contribution >= 4 is 11.0 Å². The van der Waals surface area contributed by atoms with Gasteiger partial charge < -0.3 is 44.5 Å². The van der Waals surface area contributed by atoms with Gasteiger partial charge >= 0.3 is 0 Å². The van der Waals surface area contributed by atoms with Crippen molar-refractivity contribution in [2.45, 2.75) is 30.7 Å². The van der Waals surface area contributed by atoms with Crippen molar-refractivity contribution in [3.05, 3.63) is 52.7 Å². The summed E-state index contributed by atoms with van der Waals surface area (Å²) in [6, 6.07) is 9.50. The third-order valence-corrected chi connectivity index (χ3v) is 5.06. The molecule has 0 amide bonds. The molecule has 0 aliphatic carbocycles. The molecule has 1 aromatic heterocycles. The van der Waals surface area contributed by atoms with Crippen molar-refractivity contribution in [3.8, 4) is 28.6 Å². The summed E-state index contributed by atoms with van der Waals surface area (Å²) in [5.41, 5.74) is 0.190. The standard InChI is InChI=1S/C21H20O10/c22-8-17-18(26)19(27)20(28)21(31-17)29-10-2-4-15-11(6-10)13(24)7-16(30-15)9-1-3-12(23)14(25)5-9/h1-7,17-23,25-28H,8H2. The summed E-state index contributed by atoms with van der Waals surface area (Å²) in [5, 5.41) is 58.3. The van der Waals surface area contributed by atoms with Crippen LogP contribution < -0.4 is 10.2 Å². The van der Waals surface area contributed by atoms with Crippen LogP contribution in [0.5, 0.6) is 17.2 Å². The second-order valence-corrected chi connectivity index (χ2v) is 7.15. The minimum Gasteiger partial charge on any atom is -0.504 e. The van der Waals surface area contributed by atoms with E-state index in [4.69, 9.17) is 13.9 Å². The molecule has 6 N–H and O–H groups in total. The van der Waals surface area contributed by atoms with Crippen LogP contribution >= 0.6 is 0 Å². The number of phenols is 2. The highest BCUT2D eigenvalue weighted by atomic mass is 16.7. The minimum absolute atomic E-state index is 0.124. The molecule has 0 radical (unpaired) electrons. The number of hydrogen-bond donors (Lipinski definition) is 6. The third-order valence-electron chi connectivity index (χ3n) is 5.06. The Bertz CT molecular complexity index is 1150. The van der Waals surface area contributed by atoms with E-state index < -0.39 is 42.7 Å². The number of hydrogen-bond acceptors (Lipinski definition) is 10. The van der Waals surface area contributed by atoms with Crippen molar-refractivity contribution in [2.24, 2.45) is 0 Å². The van der Waals surface area contributed by atoms with Crippen LogP contribution in [-0.4, -0.2) is 68.0 Å². The quantitative estimate of drug-likeness (QED) is 0.310. The summed E-state index contributed by atoms with van der Waals surface area (Å²) in [7, 11) is 0. The predicted octanol–water partition coefficient (Wildman–Crippen LogP) is 0.0499. The zero-order valence-electron chi connectivity index (χ0n) is 16.0. The summed E-state index contributed by atoms with van der Waals surface area (Å²) in [6.45, 7) is -0.596. The van der Waals surface area contributed by atoms with Crippen molar-refractivity contribution < 1.29 is 44.5 Å².